The fourth-order valence-corrected chi connectivity index (χ4v) is 1.80. The van der Waals surface area contributed by atoms with Crippen LogP contribution in [0.25, 0.3) is 6.08 Å². The summed E-state index contributed by atoms with van der Waals surface area (Å²) in [6.45, 7) is 0. The van der Waals surface area contributed by atoms with Crippen molar-refractivity contribution in [3.63, 3.8) is 0 Å². The van der Waals surface area contributed by atoms with Crippen molar-refractivity contribution >= 4 is 17.7 Å². The first kappa shape index (κ1) is 18.2. The SMILES string of the molecule is COc1cccc(/C=C/C(=O)NNc2c(F)c(F)c(F)c(F)c2F)c1. The number of methoxy groups -OCH3 is 1. The Morgan fingerprint density at radius 3 is 2.20 bits per heavy atom. The average molecular weight is 358 g/mol. The van der Waals surface area contributed by atoms with Crippen LogP contribution >= 0.6 is 0 Å². The van der Waals surface area contributed by atoms with Gasteiger partial charge in [-0.1, -0.05) is 12.1 Å². The molecule has 1 amide bonds. The molecule has 0 fully saturated rings. The van der Waals surface area contributed by atoms with Gasteiger partial charge < -0.3 is 4.74 Å². The van der Waals surface area contributed by atoms with Crippen LogP contribution in [-0.2, 0) is 4.79 Å². The van der Waals surface area contributed by atoms with Gasteiger partial charge in [-0.2, -0.15) is 0 Å². The number of carbonyl (C=O) groups excluding carboxylic acids is 1. The molecule has 0 aliphatic rings. The van der Waals surface area contributed by atoms with E-state index in [-0.39, 0.29) is 0 Å². The van der Waals surface area contributed by atoms with Crippen LogP contribution in [0.2, 0.25) is 0 Å². The number of benzene rings is 2. The third-order valence-corrected chi connectivity index (χ3v) is 3.04. The molecule has 0 spiro atoms. The fraction of sp³-hybridized carbons (Fsp3) is 0.0625. The van der Waals surface area contributed by atoms with Crippen LogP contribution in [-0.4, -0.2) is 13.0 Å². The normalized spacial score (nSPS) is 10.8. The lowest BCUT2D eigenvalue weighted by Crippen LogP contribution is -2.29. The van der Waals surface area contributed by atoms with E-state index in [0.29, 0.717) is 11.3 Å². The van der Waals surface area contributed by atoms with Gasteiger partial charge in [0.25, 0.3) is 5.91 Å². The molecule has 2 aromatic carbocycles. The van der Waals surface area contributed by atoms with E-state index in [1.54, 1.807) is 29.7 Å². The molecule has 0 aliphatic heterocycles. The summed E-state index contributed by atoms with van der Waals surface area (Å²) in [6.07, 6.45) is 2.35. The molecule has 0 unspecified atom stereocenters. The van der Waals surface area contributed by atoms with Crippen molar-refractivity contribution in [3.8, 4) is 5.75 Å². The quantitative estimate of drug-likeness (QED) is 0.283. The zero-order valence-corrected chi connectivity index (χ0v) is 12.7. The Bertz CT molecular complexity index is 811. The van der Waals surface area contributed by atoms with Gasteiger partial charge in [-0.3, -0.25) is 15.6 Å². The van der Waals surface area contributed by atoms with Gasteiger partial charge >= 0.3 is 0 Å². The average Bonchev–Trinajstić information content (AvgIpc) is 2.63. The maximum Gasteiger partial charge on any atom is 0.262 e. The third kappa shape index (κ3) is 4.06. The van der Waals surface area contributed by atoms with Crippen molar-refractivity contribution in [1.29, 1.82) is 0 Å². The molecule has 132 valence electrons. The van der Waals surface area contributed by atoms with E-state index >= 15 is 0 Å². The first-order valence-electron chi connectivity index (χ1n) is 6.74. The molecule has 2 aromatic rings. The van der Waals surface area contributed by atoms with Gasteiger partial charge in [-0.05, 0) is 23.8 Å². The van der Waals surface area contributed by atoms with E-state index in [1.165, 1.54) is 13.2 Å². The minimum Gasteiger partial charge on any atom is -0.497 e. The van der Waals surface area contributed by atoms with Crippen LogP contribution in [0.1, 0.15) is 5.56 Å². The first-order valence-corrected chi connectivity index (χ1v) is 6.74. The van der Waals surface area contributed by atoms with E-state index < -0.39 is 40.7 Å². The van der Waals surface area contributed by atoms with Crippen LogP contribution in [0, 0.1) is 29.1 Å². The molecule has 0 radical (unpaired) electrons. The fourth-order valence-electron chi connectivity index (χ4n) is 1.80. The summed E-state index contributed by atoms with van der Waals surface area (Å²) >= 11 is 0. The second-order valence-corrected chi connectivity index (χ2v) is 4.67. The molecule has 0 bridgehead atoms. The smallest absolute Gasteiger partial charge is 0.262 e. The zero-order valence-electron chi connectivity index (χ0n) is 12.7. The third-order valence-electron chi connectivity index (χ3n) is 3.04. The summed E-state index contributed by atoms with van der Waals surface area (Å²) in [7, 11) is 1.46. The molecular weight excluding hydrogens is 347 g/mol. The molecule has 2 N–H and O–H groups in total. The Hall–Kier alpha value is -3.10. The number of halogens is 5. The van der Waals surface area contributed by atoms with Crippen molar-refractivity contribution in [3.05, 3.63) is 65.0 Å². The van der Waals surface area contributed by atoms with Gasteiger partial charge in [0.15, 0.2) is 23.3 Å². The van der Waals surface area contributed by atoms with Crippen molar-refractivity contribution in [2.24, 2.45) is 0 Å². The second kappa shape index (κ2) is 7.65. The predicted molar refractivity (Wildman–Crippen MR) is 80.0 cm³/mol. The minimum absolute atomic E-state index is 0.544. The van der Waals surface area contributed by atoms with E-state index in [1.807, 2.05) is 5.43 Å². The summed E-state index contributed by atoms with van der Waals surface area (Å²) in [6, 6.07) is 6.62. The molecule has 0 aromatic heterocycles. The molecule has 2 rings (SSSR count). The Kier molecular flexibility index (Phi) is 5.58. The van der Waals surface area contributed by atoms with E-state index in [4.69, 9.17) is 4.74 Å². The first-order chi connectivity index (χ1) is 11.8. The van der Waals surface area contributed by atoms with E-state index in [0.717, 1.165) is 6.08 Å². The standard InChI is InChI=1S/C16H11F5N2O2/c1-25-9-4-2-3-8(7-9)5-6-10(24)22-23-16-14(20)12(18)11(17)13(19)15(16)21/h2-7,23H,1H3,(H,22,24)/b6-5+. The summed E-state index contributed by atoms with van der Waals surface area (Å²) in [5, 5.41) is 0. The molecule has 0 saturated carbocycles. The van der Waals surface area contributed by atoms with Crippen LogP contribution < -0.4 is 15.6 Å². The molecule has 0 aliphatic carbocycles. The molecule has 0 saturated heterocycles. The summed E-state index contributed by atoms with van der Waals surface area (Å²) in [5.41, 5.74) is 2.71. The number of rotatable bonds is 5. The minimum atomic E-state index is -2.29. The highest BCUT2D eigenvalue weighted by Crippen LogP contribution is 2.26. The number of hydrogen-bond acceptors (Lipinski definition) is 3. The van der Waals surface area contributed by atoms with Crippen molar-refractivity contribution in [2.75, 3.05) is 12.5 Å². The largest absolute Gasteiger partial charge is 0.497 e. The van der Waals surface area contributed by atoms with E-state index in [9.17, 15) is 26.7 Å². The summed E-state index contributed by atoms with van der Waals surface area (Å²) in [4.78, 5) is 11.6. The molecule has 9 heteroatoms. The Morgan fingerprint density at radius 2 is 1.60 bits per heavy atom. The lowest BCUT2D eigenvalue weighted by molar-refractivity contribution is -0.116. The lowest BCUT2D eigenvalue weighted by atomic mass is 10.2. The van der Waals surface area contributed by atoms with Crippen LogP contribution in [0.4, 0.5) is 27.6 Å². The van der Waals surface area contributed by atoms with Crippen LogP contribution in [0.15, 0.2) is 30.3 Å². The van der Waals surface area contributed by atoms with Gasteiger partial charge in [-0.15, -0.1) is 0 Å². The number of ether oxygens (including phenoxy) is 1. The highest BCUT2D eigenvalue weighted by molar-refractivity contribution is 5.92. The second-order valence-electron chi connectivity index (χ2n) is 4.67. The zero-order chi connectivity index (χ0) is 18.6. The van der Waals surface area contributed by atoms with Gasteiger partial charge in [0.2, 0.25) is 5.82 Å². The van der Waals surface area contributed by atoms with Crippen LogP contribution in [0.5, 0.6) is 5.75 Å². The van der Waals surface area contributed by atoms with Gasteiger partial charge in [0.1, 0.15) is 11.4 Å². The Morgan fingerprint density at radius 1 is 1.00 bits per heavy atom. The molecular formula is C16H11F5N2O2. The predicted octanol–water partition coefficient (Wildman–Crippen LogP) is 3.55. The molecule has 0 atom stereocenters. The summed E-state index contributed by atoms with van der Waals surface area (Å²) < 4.78 is 70.8. The number of anilines is 1. The molecule has 0 heterocycles. The number of amides is 1. The topological polar surface area (TPSA) is 50.4 Å². The van der Waals surface area contributed by atoms with Crippen molar-refractivity contribution in [2.45, 2.75) is 0 Å². The van der Waals surface area contributed by atoms with Crippen LogP contribution in [0.3, 0.4) is 0 Å². The Labute approximate surface area is 138 Å². The van der Waals surface area contributed by atoms with Gasteiger partial charge in [-0.25, -0.2) is 22.0 Å². The van der Waals surface area contributed by atoms with Gasteiger partial charge in [0.05, 0.1) is 7.11 Å². The maximum absolute atomic E-state index is 13.4. The summed E-state index contributed by atoms with van der Waals surface area (Å²) in [5.74, 6) is -11.1. The van der Waals surface area contributed by atoms with Crippen molar-refractivity contribution in [1.82, 2.24) is 5.43 Å². The van der Waals surface area contributed by atoms with Gasteiger partial charge in [0, 0.05) is 6.08 Å². The maximum atomic E-state index is 13.4. The number of hydrogen-bond donors (Lipinski definition) is 2. The molecule has 4 nitrogen and oxygen atoms in total. The lowest BCUT2D eigenvalue weighted by Gasteiger charge is -2.10. The molecule has 25 heavy (non-hydrogen) atoms. The Balaban J connectivity index is 2.09. The highest BCUT2D eigenvalue weighted by atomic mass is 19.2. The number of nitrogens with one attached hydrogen (secondary N) is 2. The number of hydrazine groups is 1. The van der Waals surface area contributed by atoms with E-state index in [2.05, 4.69) is 0 Å². The number of carbonyl (C=O) groups is 1. The highest BCUT2D eigenvalue weighted by Gasteiger charge is 2.25. The monoisotopic (exact) mass is 358 g/mol. The van der Waals surface area contributed by atoms with Crippen molar-refractivity contribution < 1.29 is 31.5 Å².